The van der Waals surface area contributed by atoms with Gasteiger partial charge in [0.15, 0.2) is 11.5 Å². The number of aliphatic hydroxyl groups excluding tert-OH is 1. The maximum absolute atomic E-state index is 13.1. The number of carbonyl (C=O) groups excluding carboxylic acids is 2. The largest absolute Gasteiger partial charge is 0.503 e. The third kappa shape index (κ3) is 2.99. The highest BCUT2D eigenvalue weighted by Gasteiger charge is 2.48. The summed E-state index contributed by atoms with van der Waals surface area (Å²) in [5.74, 6) is -0.917. The minimum Gasteiger partial charge on any atom is -0.503 e. The number of rotatable bonds is 3. The lowest BCUT2D eigenvalue weighted by Crippen LogP contribution is -2.39. The van der Waals surface area contributed by atoms with Crippen LogP contribution < -0.4 is 0 Å². The molecule has 0 aromatic heterocycles. The van der Waals surface area contributed by atoms with Gasteiger partial charge in [0.25, 0.3) is 5.91 Å². The van der Waals surface area contributed by atoms with Crippen molar-refractivity contribution in [2.24, 2.45) is 5.41 Å². The highest BCUT2D eigenvalue weighted by atomic mass is 16.3. The van der Waals surface area contributed by atoms with E-state index < -0.39 is 17.4 Å². The molecule has 1 aromatic rings. The summed E-state index contributed by atoms with van der Waals surface area (Å²) in [6.45, 7) is 7.47. The molecule has 1 N–H and O–H groups in total. The Morgan fingerprint density at radius 1 is 1.16 bits per heavy atom. The molecule has 1 aliphatic heterocycles. The molecule has 134 valence electrons. The highest BCUT2D eigenvalue weighted by Crippen LogP contribution is 2.45. The molecule has 1 fully saturated rings. The van der Waals surface area contributed by atoms with Crippen LogP contribution in [0.3, 0.4) is 0 Å². The van der Waals surface area contributed by atoms with E-state index in [1.807, 2.05) is 52.0 Å². The van der Waals surface area contributed by atoms with Crippen LogP contribution in [0.15, 0.2) is 35.6 Å². The van der Waals surface area contributed by atoms with E-state index >= 15 is 0 Å². The van der Waals surface area contributed by atoms with E-state index in [0.29, 0.717) is 0 Å². The van der Waals surface area contributed by atoms with Gasteiger partial charge in [-0.15, -0.1) is 0 Å². The number of ketones is 1. The number of benzene rings is 1. The summed E-state index contributed by atoms with van der Waals surface area (Å²) in [6.07, 6.45) is 4.02. The maximum atomic E-state index is 13.1. The lowest BCUT2D eigenvalue weighted by molar-refractivity contribution is -0.131. The van der Waals surface area contributed by atoms with Crippen molar-refractivity contribution in [3.63, 3.8) is 0 Å². The minimum atomic E-state index is -0.657. The number of aryl methyl sites for hydroxylation is 1. The smallest absolute Gasteiger partial charge is 0.290 e. The van der Waals surface area contributed by atoms with Gasteiger partial charge in [-0.1, -0.05) is 57.9 Å². The van der Waals surface area contributed by atoms with Crippen molar-refractivity contribution in [3.05, 3.63) is 46.7 Å². The average Bonchev–Trinajstić information content (AvgIpc) is 3.14. The quantitative estimate of drug-likeness (QED) is 0.894. The number of aliphatic hydroxyl groups is 1. The molecule has 1 aromatic carbocycles. The SMILES string of the molecule is Cc1ccccc1C1C(C(=O)C(C)(C)C)=C(O)C(=O)N1C1CCCC1. The zero-order valence-corrected chi connectivity index (χ0v) is 15.5. The summed E-state index contributed by atoms with van der Waals surface area (Å²) in [5, 5.41) is 10.6. The van der Waals surface area contributed by atoms with Crippen LogP contribution in [-0.4, -0.2) is 27.7 Å². The van der Waals surface area contributed by atoms with Gasteiger partial charge in [-0.25, -0.2) is 0 Å². The number of nitrogens with zero attached hydrogens (tertiary/aromatic N) is 1. The van der Waals surface area contributed by atoms with Gasteiger partial charge in [-0.3, -0.25) is 9.59 Å². The molecule has 3 rings (SSSR count). The molecule has 4 nitrogen and oxygen atoms in total. The molecule has 25 heavy (non-hydrogen) atoms. The first-order valence-electron chi connectivity index (χ1n) is 9.09. The summed E-state index contributed by atoms with van der Waals surface area (Å²) < 4.78 is 0. The second-order valence-electron chi connectivity index (χ2n) is 8.25. The third-order valence-corrected chi connectivity index (χ3v) is 5.37. The summed E-state index contributed by atoms with van der Waals surface area (Å²) in [6, 6.07) is 7.43. The number of Topliss-reactive ketones (excluding diaryl/α,β-unsaturated/α-hetero) is 1. The summed E-state index contributed by atoms with van der Waals surface area (Å²) in [7, 11) is 0. The molecule has 1 aliphatic carbocycles. The van der Waals surface area contributed by atoms with Gasteiger partial charge in [0.2, 0.25) is 0 Å². The standard InChI is InChI=1S/C21H27NO3/c1-13-9-5-8-12-15(13)17-16(19(24)21(2,3)4)18(23)20(25)22(17)14-10-6-7-11-14/h5,8-9,12,14,17,23H,6-7,10-11H2,1-4H3. The molecule has 0 saturated heterocycles. The van der Waals surface area contributed by atoms with E-state index in [2.05, 4.69) is 0 Å². The first-order chi connectivity index (χ1) is 11.7. The Morgan fingerprint density at radius 3 is 2.32 bits per heavy atom. The molecule has 2 aliphatic rings. The molecular weight excluding hydrogens is 314 g/mol. The Labute approximate surface area is 149 Å². The van der Waals surface area contributed by atoms with Gasteiger partial charge in [-0.2, -0.15) is 0 Å². The normalized spacial score (nSPS) is 22.2. The highest BCUT2D eigenvalue weighted by molar-refractivity contribution is 6.10. The summed E-state index contributed by atoms with van der Waals surface area (Å²) in [4.78, 5) is 27.7. The molecule has 4 heteroatoms. The van der Waals surface area contributed by atoms with Crippen molar-refractivity contribution < 1.29 is 14.7 Å². The predicted octanol–water partition coefficient (Wildman–Crippen LogP) is 4.25. The summed E-state index contributed by atoms with van der Waals surface area (Å²) >= 11 is 0. The lowest BCUT2D eigenvalue weighted by atomic mass is 9.81. The van der Waals surface area contributed by atoms with Gasteiger partial charge in [-0.05, 0) is 30.9 Å². The van der Waals surface area contributed by atoms with Crippen molar-refractivity contribution >= 4 is 11.7 Å². The van der Waals surface area contributed by atoms with Crippen molar-refractivity contribution in [3.8, 4) is 0 Å². The van der Waals surface area contributed by atoms with Crippen molar-refractivity contribution in [2.75, 3.05) is 0 Å². The van der Waals surface area contributed by atoms with Crippen molar-refractivity contribution in [1.82, 2.24) is 4.90 Å². The number of hydrogen-bond donors (Lipinski definition) is 1. The topological polar surface area (TPSA) is 57.6 Å². The first-order valence-corrected chi connectivity index (χ1v) is 9.09. The van der Waals surface area contributed by atoms with E-state index in [1.165, 1.54) is 0 Å². The Kier molecular flexibility index (Phi) is 4.48. The fourth-order valence-electron chi connectivity index (χ4n) is 4.02. The Balaban J connectivity index is 2.15. The van der Waals surface area contributed by atoms with Crippen LogP contribution in [0, 0.1) is 12.3 Å². The fourth-order valence-corrected chi connectivity index (χ4v) is 4.02. The van der Waals surface area contributed by atoms with Gasteiger partial charge < -0.3 is 10.0 Å². The molecule has 1 atom stereocenters. The minimum absolute atomic E-state index is 0.0875. The Bertz CT molecular complexity index is 736. The molecule has 1 heterocycles. The summed E-state index contributed by atoms with van der Waals surface area (Å²) in [5.41, 5.74) is 1.56. The second kappa shape index (κ2) is 6.32. The molecule has 1 unspecified atom stereocenters. The first kappa shape index (κ1) is 17.7. The van der Waals surface area contributed by atoms with Crippen LogP contribution in [-0.2, 0) is 9.59 Å². The zero-order valence-electron chi connectivity index (χ0n) is 15.5. The van der Waals surface area contributed by atoms with Crippen LogP contribution in [0.2, 0.25) is 0 Å². The van der Waals surface area contributed by atoms with E-state index in [-0.39, 0.29) is 23.2 Å². The second-order valence-corrected chi connectivity index (χ2v) is 8.25. The van der Waals surface area contributed by atoms with Crippen molar-refractivity contribution in [2.45, 2.75) is 65.5 Å². The molecule has 1 saturated carbocycles. The van der Waals surface area contributed by atoms with E-state index in [0.717, 1.165) is 36.8 Å². The predicted molar refractivity (Wildman–Crippen MR) is 97.1 cm³/mol. The van der Waals surface area contributed by atoms with E-state index in [4.69, 9.17) is 0 Å². The van der Waals surface area contributed by atoms with Crippen LogP contribution >= 0.6 is 0 Å². The van der Waals surface area contributed by atoms with E-state index in [9.17, 15) is 14.7 Å². The van der Waals surface area contributed by atoms with E-state index in [1.54, 1.807) is 4.90 Å². The van der Waals surface area contributed by atoms with Gasteiger partial charge in [0.1, 0.15) is 0 Å². The van der Waals surface area contributed by atoms with Crippen LogP contribution in [0.5, 0.6) is 0 Å². The molecule has 0 spiro atoms. The fraction of sp³-hybridized carbons (Fsp3) is 0.524. The monoisotopic (exact) mass is 341 g/mol. The van der Waals surface area contributed by atoms with Crippen LogP contribution in [0.1, 0.15) is 63.6 Å². The number of carbonyl (C=O) groups is 2. The lowest BCUT2D eigenvalue weighted by Gasteiger charge is -2.34. The Morgan fingerprint density at radius 2 is 1.76 bits per heavy atom. The molecule has 0 bridgehead atoms. The zero-order chi connectivity index (χ0) is 18.4. The van der Waals surface area contributed by atoms with Crippen LogP contribution in [0.4, 0.5) is 0 Å². The van der Waals surface area contributed by atoms with Crippen LogP contribution in [0.25, 0.3) is 0 Å². The maximum Gasteiger partial charge on any atom is 0.290 e. The average molecular weight is 341 g/mol. The van der Waals surface area contributed by atoms with Gasteiger partial charge in [0, 0.05) is 11.5 Å². The molecular formula is C21H27NO3. The van der Waals surface area contributed by atoms with Gasteiger partial charge >= 0.3 is 0 Å². The molecule has 0 radical (unpaired) electrons. The van der Waals surface area contributed by atoms with Crippen molar-refractivity contribution in [1.29, 1.82) is 0 Å². The third-order valence-electron chi connectivity index (χ3n) is 5.37. The van der Waals surface area contributed by atoms with Gasteiger partial charge in [0.05, 0.1) is 11.6 Å². The number of amides is 1. The number of hydrogen-bond acceptors (Lipinski definition) is 3. The Hall–Kier alpha value is -2.10. The molecule has 1 amide bonds.